The van der Waals surface area contributed by atoms with E-state index in [0.717, 1.165) is 5.82 Å². The molecule has 16 nitrogen and oxygen atoms in total. The SMILES string of the molecule is CC(C)(C)OC(=O)N1C[C@@H]2C(c3noc(CCl)n3)[C@@H]2C1.CC(C)(C)OC(=O)N1C[C@@H]2C(c3noc(Cn4ncc5ncccc5c4=O)n3)[C@@H]2C1. The van der Waals surface area contributed by atoms with Crippen molar-refractivity contribution in [1.82, 2.24) is 44.8 Å². The maximum absolute atomic E-state index is 12.6. The highest BCUT2D eigenvalue weighted by molar-refractivity contribution is 6.16. The number of alkyl halides is 1. The lowest BCUT2D eigenvalue weighted by molar-refractivity contribution is 0.0260. The molecule has 0 N–H and O–H groups in total. The van der Waals surface area contributed by atoms with Gasteiger partial charge in [0.05, 0.1) is 17.1 Å². The molecule has 2 unspecified atom stereocenters. The van der Waals surface area contributed by atoms with E-state index < -0.39 is 11.2 Å². The number of hydrogen-bond donors (Lipinski definition) is 0. The van der Waals surface area contributed by atoms with Gasteiger partial charge in [-0.2, -0.15) is 15.1 Å². The highest BCUT2D eigenvalue weighted by Crippen LogP contribution is 2.58. The van der Waals surface area contributed by atoms with E-state index in [1.54, 1.807) is 34.3 Å². The summed E-state index contributed by atoms with van der Waals surface area (Å²) in [5, 5.41) is 12.7. The zero-order chi connectivity index (χ0) is 35.5. The molecule has 4 fully saturated rings. The first-order valence-electron chi connectivity index (χ1n) is 16.7. The third-order valence-corrected chi connectivity index (χ3v) is 9.51. The van der Waals surface area contributed by atoms with Gasteiger partial charge in [0.25, 0.3) is 5.56 Å². The number of carbonyl (C=O) groups excluding carboxylic acids is 2. The Kier molecular flexibility index (Phi) is 8.55. The summed E-state index contributed by atoms with van der Waals surface area (Å²) in [6, 6.07) is 3.43. The third kappa shape index (κ3) is 7.02. The Morgan fingerprint density at radius 2 is 1.34 bits per heavy atom. The largest absolute Gasteiger partial charge is 0.444 e. The number of nitrogens with zero attached hydrogens (tertiary/aromatic N) is 9. The number of carbonyl (C=O) groups is 2. The normalized spacial score (nSPS) is 25.1. The Morgan fingerprint density at radius 3 is 1.82 bits per heavy atom. The molecule has 0 radical (unpaired) electrons. The van der Waals surface area contributed by atoms with Gasteiger partial charge in [-0.05, 0) is 77.3 Å². The molecule has 17 heteroatoms. The summed E-state index contributed by atoms with van der Waals surface area (Å²) in [6.07, 6.45) is 2.65. The van der Waals surface area contributed by atoms with Crippen molar-refractivity contribution in [3.8, 4) is 0 Å². The Morgan fingerprint density at radius 1 is 0.840 bits per heavy atom. The number of aromatic nitrogens is 7. The van der Waals surface area contributed by atoms with Crippen LogP contribution in [0, 0.1) is 23.7 Å². The van der Waals surface area contributed by atoms with E-state index in [1.165, 1.54) is 4.68 Å². The number of hydrogen-bond acceptors (Lipinski definition) is 13. The van der Waals surface area contributed by atoms with Crippen molar-refractivity contribution < 1.29 is 28.1 Å². The van der Waals surface area contributed by atoms with Crippen LogP contribution >= 0.6 is 11.6 Å². The van der Waals surface area contributed by atoms with E-state index >= 15 is 0 Å². The van der Waals surface area contributed by atoms with Gasteiger partial charge in [0.2, 0.25) is 11.8 Å². The molecule has 0 spiro atoms. The molecule has 8 rings (SSSR count). The summed E-state index contributed by atoms with van der Waals surface area (Å²) >= 11 is 5.65. The lowest BCUT2D eigenvalue weighted by Crippen LogP contribution is -2.36. The first-order chi connectivity index (χ1) is 23.7. The second-order valence-electron chi connectivity index (χ2n) is 15.2. The highest BCUT2D eigenvalue weighted by atomic mass is 35.5. The van der Waals surface area contributed by atoms with E-state index in [-0.39, 0.29) is 36.1 Å². The molecule has 2 saturated carbocycles. The van der Waals surface area contributed by atoms with Crippen LogP contribution in [0.2, 0.25) is 0 Å². The summed E-state index contributed by atoms with van der Waals surface area (Å²) in [4.78, 5) is 53.1. The monoisotopic (exact) mass is 709 g/mol. The Balaban J connectivity index is 0.000000170. The van der Waals surface area contributed by atoms with Gasteiger partial charge in [0.1, 0.15) is 23.6 Å². The van der Waals surface area contributed by atoms with E-state index in [9.17, 15) is 14.4 Å². The van der Waals surface area contributed by atoms with Crippen molar-refractivity contribution in [1.29, 1.82) is 0 Å². The quantitative estimate of drug-likeness (QED) is 0.269. The zero-order valence-corrected chi connectivity index (χ0v) is 29.5. The van der Waals surface area contributed by atoms with Gasteiger partial charge in [-0.15, -0.1) is 11.6 Å². The minimum atomic E-state index is -0.503. The van der Waals surface area contributed by atoms with Crippen molar-refractivity contribution in [3.63, 3.8) is 0 Å². The Labute approximate surface area is 292 Å². The zero-order valence-electron chi connectivity index (χ0n) is 28.8. The minimum Gasteiger partial charge on any atom is -0.444 e. The highest BCUT2D eigenvalue weighted by Gasteiger charge is 2.60. The van der Waals surface area contributed by atoms with Crippen molar-refractivity contribution in [2.24, 2.45) is 23.7 Å². The second-order valence-corrected chi connectivity index (χ2v) is 15.5. The van der Waals surface area contributed by atoms with E-state index in [0.29, 0.717) is 84.3 Å². The van der Waals surface area contributed by atoms with Crippen LogP contribution in [-0.2, 0) is 21.9 Å². The molecule has 6 heterocycles. The number of likely N-dealkylation sites (tertiary alicyclic amines) is 2. The predicted molar refractivity (Wildman–Crippen MR) is 176 cm³/mol. The van der Waals surface area contributed by atoms with Gasteiger partial charge in [-0.1, -0.05) is 10.3 Å². The van der Waals surface area contributed by atoms with Crippen LogP contribution in [0.5, 0.6) is 0 Å². The van der Waals surface area contributed by atoms with Crippen LogP contribution in [0.1, 0.15) is 76.8 Å². The number of pyridine rings is 1. The first kappa shape index (κ1) is 33.9. The van der Waals surface area contributed by atoms with E-state index in [2.05, 4.69) is 30.4 Å². The molecule has 6 atom stereocenters. The standard InChI is InChI=1S/C20H22N6O4.C13H18ClN3O3/c1-20(2,3)29-19(28)25-8-12-13(9-25)16(12)17-23-15(30-24-17)10-26-18(27)11-5-4-6-21-14(11)7-22-26;1-13(2,3)19-12(18)17-5-7-8(6-17)10(7)11-15-9(4-14)20-16-11/h4-7,12-13,16H,8-10H2,1-3H3;7-8,10H,4-6H2,1-3H3/t12-,13+,16?;7-,8+,10?. The fourth-order valence-electron chi connectivity index (χ4n) is 6.95. The van der Waals surface area contributed by atoms with Crippen LogP contribution in [-0.4, -0.2) is 94.4 Å². The summed E-state index contributed by atoms with van der Waals surface area (Å²) < 4.78 is 22.5. The van der Waals surface area contributed by atoms with Gasteiger partial charge >= 0.3 is 12.2 Å². The fraction of sp³-hybridized carbons (Fsp3) is 0.606. The van der Waals surface area contributed by atoms with Gasteiger partial charge < -0.3 is 28.3 Å². The van der Waals surface area contributed by atoms with Crippen LogP contribution in [0.3, 0.4) is 0 Å². The topological polar surface area (TPSA) is 185 Å². The van der Waals surface area contributed by atoms with Crippen molar-refractivity contribution >= 4 is 34.7 Å². The van der Waals surface area contributed by atoms with Crippen molar-refractivity contribution in [2.75, 3.05) is 26.2 Å². The van der Waals surface area contributed by atoms with Crippen molar-refractivity contribution in [3.05, 3.63) is 58.3 Å². The maximum Gasteiger partial charge on any atom is 0.410 e. The number of amides is 2. The molecule has 2 aliphatic carbocycles. The Bertz CT molecular complexity index is 1940. The summed E-state index contributed by atoms with van der Waals surface area (Å²) in [5.74, 6) is 4.31. The third-order valence-electron chi connectivity index (χ3n) is 9.28. The molecule has 2 aliphatic heterocycles. The number of piperidine rings is 2. The lowest BCUT2D eigenvalue weighted by atomic mass is 10.2. The number of fused-ring (bicyclic) bond motifs is 3. The molecule has 50 heavy (non-hydrogen) atoms. The van der Waals surface area contributed by atoms with Crippen LogP contribution < -0.4 is 5.56 Å². The van der Waals surface area contributed by atoms with Crippen LogP contribution in [0.25, 0.3) is 10.9 Å². The lowest BCUT2D eigenvalue weighted by Gasteiger charge is -2.25. The Hall–Kier alpha value is -4.60. The van der Waals surface area contributed by atoms with Gasteiger partial charge in [0.15, 0.2) is 11.6 Å². The molecule has 4 aromatic heterocycles. The molecule has 266 valence electrons. The average molecular weight is 710 g/mol. The average Bonchev–Trinajstić information content (AvgIpc) is 3.53. The van der Waals surface area contributed by atoms with E-state index in [1.807, 2.05) is 41.5 Å². The molecule has 2 saturated heterocycles. The number of rotatable bonds is 5. The predicted octanol–water partition coefficient (Wildman–Crippen LogP) is 4.19. The molecular weight excluding hydrogens is 670 g/mol. The molecule has 0 aromatic carbocycles. The van der Waals surface area contributed by atoms with Crippen molar-refractivity contribution in [2.45, 2.75) is 77.0 Å². The summed E-state index contributed by atoms with van der Waals surface area (Å²) in [6.45, 7) is 14.0. The molecule has 0 bridgehead atoms. The van der Waals surface area contributed by atoms with E-state index in [4.69, 9.17) is 30.1 Å². The van der Waals surface area contributed by atoms with Gasteiger partial charge in [-0.3, -0.25) is 9.78 Å². The number of halogens is 1. The summed E-state index contributed by atoms with van der Waals surface area (Å²) in [5.41, 5.74) is -0.662. The molecule has 4 aliphatic rings. The van der Waals surface area contributed by atoms with Gasteiger partial charge in [0, 0.05) is 44.2 Å². The maximum atomic E-state index is 12.6. The smallest absolute Gasteiger partial charge is 0.410 e. The molecule has 2 amide bonds. The number of ether oxygens (including phenoxy) is 2. The van der Waals surface area contributed by atoms with Crippen LogP contribution in [0.15, 0.2) is 38.4 Å². The molecular formula is C33H40ClN9O7. The molecule has 4 aromatic rings. The summed E-state index contributed by atoms with van der Waals surface area (Å²) in [7, 11) is 0. The fourth-order valence-corrected chi connectivity index (χ4v) is 7.06. The first-order valence-corrected chi connectivity index (χ1v) is 17.2. The minimum absolute atomic E-state index is 0.1000. The van der Waals surface area contributed by atoms with Gasteiger partial charge in [-0.25, -0.2) is 14.3 Å². The second kappa shape index (κ2) is 12.6. The van der Waals surface area contributed by atoms with Crippen LogP contribution in [0.4, 0.5) is 9.59 Å².